The summed E-state index contributed by atoms with van der Waals surface area (Å²) in [6.07, 6.45) is 4.32. The van der Waals surface area contributed by atoms with E-state index in [1.54, 1.807) is 0 Å². The average Bonchev–Trinajstić information content (AvgIpc) is 1.89. The molecular weight excluding hydrogens is 127 g/mol. The third-order valence-electron chi connectivity index (χ3n) is 1.67. The summed E-state index contributed by atoms with van der Waals surface area (Å²) in [5.41, 5.74) is 0. The van der Waals surface area contributed by atoms with Gasteiger partial charge in [0.25, 0.3) is 0 Å². The van der Waals surface area contributed by atoms with Crippen LogP contribution in [0.5, 0.6) is 0 Å². The van der Waals surface area contributed by atoms with Crippen molar-refractivity contribution in [3.63, 3.8) is 0 Å². The number of nitrogens with zero attached hydrogens (tertiary/aromatic N) is 1. The fourth-order valence-electron chi connectivity index (χ4n) is 0.861. The molecule has 0 N–H and O–H groups in total. The van der Waals surface area contributed by atoms with Crippen molar-refractivity contribution in [3.8, 4) is 0 Å². The Morgan fingerprint density at radius 3 is 2.40 bits per heavy atom. The van der Waals surface area contributed by atoms with Gasteiger partial charge in [0.1, 0.15) is 6.29 Å². The molecule has 0 fully saturated rings. The van der Waals surface area contributed by atoms with Crippen LogP contribution < -0.4 is 0 Å². The van der Waals surface area contributed by atoms with Crippen molar-refractivity contribution in [2.75, 3.05) is 14.1 Å². The molecule has 10 heavy (non-hydrogen) atoms. The summed E-state index contributed by atoms with van der Waals surface area (Å²) in [7, 11) is 3.88. The Hall–Kier alpha value is -0.370. The van der Waals surface area contributed by atoms with E-state index in [1.165, 1.54) is 0 Å². The van der Waals surface area contributed by atoms with Gasteiger partial charge in [0.15, 0.2) is 0 Å². The maximum Gasteiger partial charge on any atom is 0.137 e. The molecule has 2 heteroatoms. The Morgan fingerprint density at radius 2 is 2.10 bits per heavy atom. The minimum atomic E-state index is 0.125. The van der Waals surface area contributed by atoms with Gasteiger partial charge in [-0.3, -0.25) is 0 Å². The average molecular weight is 144 g/mol. The van der Waals surface area contributed by atoms with Gasteiger partial charge < -0.3 is 9.69 Å². The van der Waals surface area contributed by atoms with Gasteiger partial charge in [-0.2, -0.15) is 0 Å². The SMILES string of the molecule is CN(C)C(C=O)CCC[13CH3]. The fourth-order valence-corrected chi connectivity index (χ4v) is 0.861. The molecule has 0 amide bonds. The molecule has 0 heterocycles. The first-order valence-electron chi connectivity index (χ1n) is 3.84. The summed E-state index contributed by atoms with van der Waals surface area (Å²) >= 11 is 0. The van der Waals surface area contributed by atoms with Gasteiger partial charge >= 0.3 is 0 Å². The summed E-state index contributed by atoms with van der Waals surface area (Å²) in [6.45, 7) is 2.14. The van der Waals surface area contributed by atoms with E-state index in [-0.39, 0.29) is 6.04 Å². The molecule has 0 aliphatic carbocycles. The second kappa shape index (κ2) is 5.42. The highest BCUT2D eigenvalue weighted by atomic mass is 16.1. The van der Waals surface area contributed by atoms with Crippen molar-refractivity contribution in [1.82, 2.24) is 4.90 Å². The Bertz CT molecular complexity index is 91.3. The number of carbonyl (C=O) groups is 1. The molecule has 0 bridgehead atoms. The summed E-state index contributed by atoms with van der Waals surface area (Å²) < 4.78 is 0. The first-order valence-corrected chi connectivity index (χ1v) is 3.84. The highest BCUT2D eigenvalue weighted by Crippen LogP contribution is 2.02. The lowest BCUT2D eigenvalue weighted by Gasteiger charge is -2.17. The predicted octanol–water partition coefficient (Wildman–Crippen LogP) is 1.31. The Labute approximate surface area is 63.2 Å². The zero-order valence-electron chi connectivity index (χ0n) is 7.13. The van der Waals surface area contributed by atoms with Gasteiger partial charge in [0.2, 0.25) is 0 Å². The number of unbranched alkanes of at least 4 members (excludes halogenated alkanes) is 1. The van der Waals surface area contributed by atoms with Crippen molar-refractivity contribution in [3.05, 3.63) is 0 Å². The molecule has 0 aromatic carbocycles. The van der Waals surface area contributed by atoms with Crippen molar-refractivity contribution >= 4 is 6.29 Å². The number of likely N-dealkylation sites (N-methyl/N-ethyl adjacent to an activating group) is 1. The number of rotatable bonds is 5. The number of aldehydes is 1. The maximum atomic E-state index is 10.4. The van der Waals surface area contributed by atoms with Crippen LogP contribution in [0.25, 0.3) is 0 Å². The number of carbonyl (C=O) groups excluding carboxylic acids is 1. The van der Waals surface area contributed by atoms with Gasteiger partial charge in [-0.25, -0.2) is 0 Å². The molecule has 0 rings (SSSR count). The second-order valence-corrected chi connectivity index (χ2v) is 2.81. The van der Waals surface area contributed by atoms with Gasteiger partial charge in [0.05, 0.1) is 6.04 Å². The van der Waals surface area contributed by atoms with Crippen LogP contribution in [-0.2, 0) is 4.79 Å². The molecule has 0 radical (unpaired) electrons. The zero-order chi connectivity index (χ0) is 7.98. The lowest BCUT2D eigenvalue weighted by molar-refractivity contribution is -0.111. The van der Waals surface area contributed by atoms with Crippen LogP contribution in [0.4, 0.5) is 0 Å². The van der Waals surface area contributed by atoms with Crippen LogP contribution in [0.3, 0.4) is 0 Å². The summed E-state index contributed by atoms with van der Waals surface area (Å²) in [6, 6.07) is 0.125. The van der Waals surface area contributed by atoms with Crippen LogP contribution in [0.1, 0.15) is 26.2 Å². The van der Waals surface area contributed by atoms with Crippen LogP contribution in [-0.4, -0.2) is 31.3 Å². The van der Waals surface area contributed by atoms with Crippen molar-refractivity contribution in [2.45, 2.75) is 32.2 Å². The Balaban J connectivity index is 3.50. The molecule has 2 nitrogen and oxygen atoms in total. The smallest absolute Gasteiger partial charge is 0.137 e. The summed E-state index contributed by atoms with van der Waals surface area (Å²) in [5, 5.41) is 0. The highest BCUT2D eigenvalue weighted by molar-refractivity contribution is 5.57. The Kier molecular flexibility index (Phi) is 5.22. The standard InChI is InChI=1S/C8H17NO/c1-4-5-6-8(7-10)9(2)3/h7-8H,4-6H2,1-3H3/i1+1. The fraction of sp³-hybridized carbons (Fsp3) is 0.875. The van der Waals surface area contributed by atoms with Gasteiger partial charge in [-0.15, -0.1) is 0 Å². The topological polar surface area (TPSA) is 20.3 Å². The monoisotopic (exact) mass is 144 g/mol. The Morgan fingerprint density at radius 1 is 1.50 bits per heavy atom. The van der Waals surface area contributed by atoms with Crippen molar-refractivity contribution in [2.24, 2.45) is 0 Å². The summed E-state index contributed by atoms with van der Waals surface area (Å²) in [5.74, 6) is 0. The zero-order valence-corrected chi connectivity index (χ0v) is 7.13. The molecule has 0 saturated heterocycles. The molecule has 0 saturated carbocycles. The van der Waals surface area contributed by atoms with Crippen LogP contribution >= 0.6 is 0 Å². The largest absolute Gasteiger partial charge is 0.302 e. The number of hydrogen-bond donors (Lipinski definition) is 0. The van der Waals surface area contributed by atoms with Gasteiger partial charge in [-0.1, -0.05) is 19.8 Å². The van der Waals surface area contributed by atoms with E-state index in [0.29, 0.717) is 0 Å². The van der Waals surface area contributed by atoms with E-state index in [0.717, 1.165) is 25.5 Å². The third kappa shape index (κ3) is 3.62. The van der Waals surface area contributed by atoms with E-state index in [4.69, 9.17) is 0 Å². The molecule has 0 aromatic heterocycles. The normalized spacial score (nSPS) is 13.6. The minimum absolute atomic E-state index is 0.125. The first kappa shape index (κ1) is 9.63. The molecule has 0 spiro atoms. The molecule has 1 unspecified atom stereocenters. The van der Waals surface area contributed by atoms with Crippen molar-refractivity contribution in [1.29, 1.82) is 0 Å². The third-order valence-corrected chi connectivity index (χ3v) is 1.67. The van der Waals surface area contributed by atoms with E-state index < -0.39 is 0 Å². The molecule has 60 valence electrons. The van der Waals surface area contributed by atoms with E-state index in [9.17, 15) is 4.79 Å². The van der Waals surface area contributed by atoms with Crippen molar-refractivity contribution < 1.29 is 4.79 Å². The lowest BCUT2D eigenvalue weighted by atomic mass is 10.1. The highest BCUT2D eigenvalue weighted by Gasteiger charge is 2.07. The first-order chi connectivity index (χ1) is 4.72. The molecular formula is C8H17NO. The minimum Gasteiger partial charge on any atom is -0.302 e. The molecule has 0 aliphatic heterocycles. The predicted molar refractivity (Wildman–Crippen MR) is 43.1 cm³/mol. The van der Waals surface area contributed by atoms with Crippen LogP contribution in [0, 0.1) is 0 Å². The van der Waals surface area contributed by atoms with Crippen LogP contribution in [0.2, 0.25) is 0 Å². The lowest BCUT2D eigenvalue weighted by Crippen LogP contribution is -2.28. The second-order valence-electron chi connectivity index (χ2n) is 2.81. The van der Waals surface area contributed by atoms with E-state index in [2.05, 4.69) is 6.92 Å². The molecule has 1 atom stereocenters. The summed E-state index contributed by atoms with van der Waals surface area (Å²) in [4.78, 5) is 12.4. The van der Waals surface area contributed by atoms with E-state index in [1.807, 2.05) is 19.0 Å². The maximum absolute atomic E-state index is 10.4. The van der Waals surface area contributed by atoms with E-state index >= 15 is 0 Å². The van der Waals surface area contributed by atoms with Crippen LogP contribution in [0.15, 0.2) is 0 Å². The molecule has 0 aliphatic rings. The number of hydrogen-bond acceptors (Lipinski definition) is 2. The van der Waals surface area contributed by atoms with Gasteiger partial charge in [0, 0.05) is 0 Å². The molecule has 0 aromatic rings. The van der Waals surface area contributed by atoms with Gasteiger partial charge in [-0.05, 0) is 20.5 Å². The quantitative estimate of drug-likeness (QED) is 0.428.